The highest BCUT2D eigenvalue weighted by Gasteiger charge is 2.06. The SMILES string of the molecule is COC(=O)c1ccc(NC(=O)CCOc2cccc(Br)c2)cc1. The molecule has 23 heavy (non-hydrogen) atoms. The first-order valence-corrected chi connectivity index (χ1v) is 7.74. The average Bonchev–Trinajstić information content (AvgIpc) is 2.55. The number of carbonyl (C=O) groups excluding carboxylic acids is 2. The van der Waals surface area contributed by atoms with E-state index >= 15 is 0 Å². The number of amides is 1. The van der Waals surface area contributed by atoms with Crippen LogP contribution in [-0.4, -0.2) is 25.6 Å². The van der Waals surface area contributed by atoms with Gasteiger partial charge in [-0.25, -0.2) is 4.79 Å². The number of hydrogen-bond acceptors (Lipinski definition) is 4. The van der Waals surface area contributed by atoms with Gasteiger partial charge in [-0.3, -0.25) is 4.79 Å². The highest BCUT2D eigenvalue weighted by Crippen LogP contribution is 2.18. The van der Waals surface area contributed by atoms with Crippen LogP contribution in [0.15, 0.2) is 53.0 Å². The lowest BCUT2D eigenvalue weighted by atomic mass is 10.2. The molecule has 0 heterocycles. The Labute approximate surface area is 142 Å². The number of hydrogen-bond donors (Lipinski definition) is 1. The molecule has 0 aliphatic heterocycles. The van der Waals surface area contributed by atoms with Gasteiger partial charge in [0, 0.05) is 10.2 Å². The van der Waals surface area contributed by atoms with Crippen LogP contribution in [0.2, 0.25) is 0 Å². The second-order valence-corrected chi connectivity index (χ2v) is 5.59. The number of rotatable bonds is 6. The summed E-state index contributed by atoms with van der Waals surface area (Å²) < 4.78 is 11.0. The average molecular weight is 378 g/mol. The Kier molecular flexibility index (Phi) is 6.17. The second kappa shape index (κ2) is 8.33. The summed E-state index contributed by atoms with van der Waals surface area (Å²) in [6, 6.07) is 13.9. The van der Waals surface area contributed by atoms with Crippen molar-refractivity contribution in [2.45, 2.75) is 6.42 Å². The van der Waals surface area contributed by atoms with Crippen molar-refractivity contribution < 1.29 is 19.1 Å². The van der Waals surface area contributed by atoms with Crippen LogP contribution in [-0.2, 0) is 9.53 Å². The first-order valence-electron chi connectivity index (χ1n) is 6.95. The minimum atomic E-state index is -0.412. The van der Waals surface area contributed by atoms with Gasteiger partial charge < -0.3 is 14.8 Å². The summed E-state index contributed by atoms with van der Waals surface area (Å²) in [6.45, 7) is 0.280. The summed E-state index contributed by atoms with van der Waals surface area (Å²) >= 11 is 3.36. The van der Waals surface area contributed by atoms with Gasteiger partial charge in [0.2, 0.25) is 5.91 Å². The fraction of sp³-hybridized carbons (Fsp3) is 0.176. The Balaban J connectivity index is 1.79. The summed E-state index contributed by atoms with van der Waals surface area (Å²) in [5.41, 5.74) is 1.05. The largest absolute Gasteiger partial charge is 0.493 e. The van der Waals surface area contributed by atoms with E-state index in [0.717, 1.165) is 4.47 Å². The predicted octanol–water partition coefficient (Wildman–Crippen LogP) is 3.64. The molecule has 5 nitrogen and oxygen atoms in total. The van der Waals surface area contributed by atoms with Gasteiger partial charge in [0.1, 0.15) is 5.75 Å². The Hall–Kier alpha value is -2.34. The summed E-state index contributed by atoms with van der Waals surface area (Å²) in [5.74, 6) is 0.130. The van der Waals surface area contributed by atoms with Gasteiger partial charge in [-0.1, -0.05) is 22.0 Å². The third kappa shape index (κ3) is 5.41. The number of nitrogens with one attached hydrogen (secondary N) is 1. The summed E-state index contributed by atoms with van der Waals surface area (Å²) in [6.07, 6.45) is 0.227. The van der Waals surface area contributed by atoms with Gasteiger partial charge in [0.15, 0.2) is 0 Å². The van der Waals surface area contributed by atoms with E-state index in [4.69, 9.17) is 4.74 Å². The zero-order valence-electron chi connectivity index (χ0n) is 12.5. The lowest BCUT2D eigenvalue weighted by Gasteiger charge is -2.08. The van der Waals surface area contributed by atoms with Gasteiger partial charge in [0.25, 0.3) is 0 Å². The molecule has 0 saturated carbocycles. The molecule has 0 fully saturated rings. The van der Waals surface area contributed by atoms with Crippen molar-refractivity contribution >= 4 is 33.5 Å². The van der Waals surface area contributed by atoms with E-state index in [1.165, 1.54) is 7.11 Å². The maximum atomic E-state index is 11.9. The number of esters is 1. The van der Waals surface area contributed by atoms with Crippen molar-refractivity contribution in [2.24, 2.45) is 0 Å². The van der Waals surface area contributed by atoms with Crippen molar-refractivity contribution in [2.75, 3.05) is 19.0 Å². The van der Waals surface area contributed by atoms with Crippen molar-refractivity contribution in [1.82, 2.24) is 0 Å². The van der Waals surface area contributed by atoms with Crippen molar-refractivity contribution in [1.29, 1.82) is 0 Å². The van der Waals surface area contributed by atoms with E-state index in [2.05, 4.69) is 26.0 Å². The maximum absolute atomic E-state index is 11.9. The Morgan fingerprint density at radius 2 is 1.87 bits per heavy atom. The molecule has 0 atom stereocenters. The zero-order chi connectivity index (χ0) is 16.7. The van der Waals surface area contributed by atoms with Crippen LogP contribution in [0.4, 0.5) is 5.69 Å². The molecule has 0 spiro atoms. The molecule has 0 aliphatic rings. The summed E-state index contributed by atoms with van der Waals surface area (Å²) in [4.78, 5) is 23.2. The van der Waals surface area contributed by atoms with Crippen LogP contribution < -0.4 is 10.1 Å². The molecule has 2 aromatic rings. The molecule has 0 unspecified atom stereocenters. The standard InChI is InChI=1S/C17H16BrNO4/c1-22-17(21)12-5-7-14(8-6-12)19-16(20)9-10-23-15-4-2-3-13(18)11-15/h2-8,11H,9-10H2,1H3,(H,19,20). The van der Waals surface area contributed by atoms with Crippen molar-refractivity contribution in [3.05, 3.63) is 58.6 Å². The normalized spacial score (nSPS) is 10.0. The molecule has 0 aromatic heterocycles. The molecular formula is C17H16BrNO4. The van der Waals surface area contributed by atoms with Crippen molar-refractivity contribution in [3.8, 4) is 5.75 Å². The number of halogens is 1. The van der Waals surface area contributed by atoms with E-state index in [0.29, 0.717) is 17.0 Å². The fourth-order valence-corrected chi connectivity index (χ4v) is 2.23. The highest BCUT2D eigenvalue weighted by molar-refractivity contribution is 9.10. The highest BCUT2D eigenvalue weighted by atomic mass is 79.9. The maximum Gasteiger partial charge on any atom is 0.337 e. The third-order valence-corrected chi connectivity index (χ3v) is 3.48. The predicted molar refractivity (Wildman–Crippen MR) is 90.7 cm³/mol. The van der Waals surface area contributed by atoms with Crippen LogP contribution in [0.5, 0.6) is 5.75 Å². The molecule has 2 aromatic carbocycles. The molecule has 6 heteroatoms. The van der Waals surface area contributed by atoms with Gasteiger partial charge in [-0.2, -0.15) is 0 Å². The second-order valence-electron chi connectivity index (χ2n) is 4.67. The van der Waals surface area contributed by atoms with Gasteiger partial charge in [-0.05, 0) is 42.5 Å². The molecule has 1 amide bonds. The van der Waals surface area contributed by atoms with E-state index in [9.17, 15) is 9.59 Å². The van der Waals surface area contributed by atoms with Crippen LogP contribution in [0.3, 0.4) is 0 Å². The number of benzene rings is 2. The molecule has 0 bridgehead atoms. The number of carbonyl (C=O) groups is 2. The van der Waals surface area contributed by atoms with Crippen LogP contribution in [0, 0.1) is 0 Å². The quantitative estimate of drug-likeness (QED) is 0.780. The minimum absolute atomic E-state index is 0.161. The monoisotopic (exact) mass is 377 g/mol. The zero-order valence-corrected chi connectivity index (χ0v) is 14.1. The molecule has 1 N–H and O–H groups in total. The topological polar surface area (TPSA) is 64.6 Å². The smallest absolute Gasteiger partial charge is 0.337 e. The van der Waals surface area contributed by atoms with Crippen LogP contribution >= 0.6 is 15.9 Å². The van der Waals surface area contributed by atoms with Crippen LogP contribution in [0.1, 0.15) is 16.8 Å². The molecule has 0 aliphatic carbocycles. The van der Waals surface area contributed by atoms with Gasteiger partial charge in [-0.15, -0.1) is 0 Å². The van der Waals surface area contributed by atoms with E-state index in [-0.39, 0.29) is 18.9 Å². The number of ether oxygens (including phenoxy) is 2. The van der Waals surface area contributed by atoms with Crippen molar-refractivity contribution in [3.63, 3.8) is 0 Å². The molecular weight excluding hydrogens is 362 g/mol. The lowest BCUT2D eigenvalue weighted by molar-refractivity contribution is -0.116. The van der Waals surface area contributed by atoms with E-state index < -0.39 is 5.97 Å². The first-order chi connectivity index (χ1) is 11.1. The van der Waals surface area contributed by atoms with Gasteiger partial charge in [0.05, 0.1) is 25.7 Å². The molecule has 0 radical (unpaired) electrons. The molecule has 120 valence electrons. The third-order valence-electron chi connectivity index (χ3n) is 2.98. The Morgan fingerprint density at radius 1 is 1.13 bits per heavy atom. The minimum Gasteiger partial charge on any atom is -0.493 e. The van der Waals surface area contributed by atoms with E-state index in [1.54, 1.807) is 24.3 Å². The fourth-order valence-electron chi connectivity index (χ4n) is 1.85. The van der Waals surface area contributed by atoms with Gasteiger partial charge >= 0.3 is 5.97 Å². The number of anilines is 1. The summed E-state index contributed by atoms with van der Waals surface area (Å²) in [5, 5.41) is 2.74. The molecule has 2 rings (SSSR count). The van der Waals surface area contributed by atoms with Crippen LogP contribution in [0.25, 0.3) is 0 Å². The summed E-state index contributed by atoms with van der Waals surface area (Å²) in [7, 11) is 1.32. The lowest BCUT2D eigenvalue weighted by Crippen LogP contribution is -2.15. The Morgan fingerprint density at radius 3 is 2.52 bits per heavy atom. The molecule has 0 saturated heterocycles. The van der Waals surface area contributed by atoms with E-state index in [1.807, 2.05) is 24.3 Å². The first kappa shape index (κ1) is 17.0. The Bertz CT molecular complexity index is 685. The number of methoxy groups -OCH3 is 1.